The Morgan fingerprint density at radius 2 is 2.33 bits per heavy atom. The molecule has 0 radical (unpaired) electrons. The average Bonchev–Trinajstić information content (AvgIpc) is 2.86. The zero-order valence-electron chi connectivity index (χ0n) is 11.9. The molecule has 1 N–H and O–H groups in total. The van der Waals surface area contributed by atoms with Gasteiger partial charge in [-0.15, -0.1) is 0 Å². The van der Waals surface area contributed by atoms with Crippen LogP contribution in [-0.4, -0.2) is 63.0 Å². The van der Waals surface area contributed by atoms with Crippen LogP contribution in [0.1, 0.15) is 32.6 Å². The van der Waals surface area contributed by atoms with E-state index < -0.39 is 0 Å². The van der Waals surface area contributed by atoms with Crippen molar-refractivity contribution in [1.29, 1.82) is 0 Å². The van der Waals surface area contributed by atoms with Crippen LogP contribution >= 0.6 is 0 Å². The standard InChI is InChI=1S/C14H28N2O2/c1-12(11-15-7-4-9-17-2)16-8-10-18-14-6-3-5-13(14)16/h12-15H,3-11H2,1-2H3. The summed E-state index contributed by atoms with van der Waals surface area (Å²) in [6.07, 6.45) is 5.51. The number of nitrogens with zero attached hydrogens (tertiary/aromatic N) is 1. The molecule has 1 heterocycles. The van der Waals surface area contributed by atoms with Crippen molar-refractivity contribution in [1.82, 2.24) is 10.2 Å². The molecule has 0 aromatic rings. The maximum Gasteiger partial charge on any atom is 0.0731 e. The summed E-state index contributed by atoms with van der Waals surface area (Å²) >= 11 is 0. The molecule has 4 nitrogen and oxygen atoms in total. The minimum absolute atomic E-state index is 0.509. The molecule has 1 aliphatic heterocycles. The SMILES string of the molecule is COCCCNCC(C)N1CCOC2CCCC21. The molecule has 3 atom stereocenters. The van der Waals surface area contributed by atoms with Crippen LogP contribution in [0.15, 0.2) is 0 Å². The second-order valence-corrected chi connectivity index (χ2v) is 5.54. The highest BCUT2D eigenvalue weighted by molar-refractivity contribution is 4.91. The van der Waals surface area contributed by atoms with E-state index in [-0.39, 0.29) is 0 Å². The summed E-state index contributed by atoms with van der Waals surface area (Å²) in [6, 6.07) is 1.29. The van der Waals surface area contributed by atoms with Crippen molar-refractivity contribution in [2.75, 3.05) is 40.0 Å². The molecule has 0 spiro atoms. The van der Waals surface area contributed by atoms with Crippen molar-refractivity contribution >= 4 is 0 Å². The fourth-order valence-corrected chi connectivity index (χ4v) is 3.27. The van der Waals surface area contributed by atoms with E-state index in [0.717, 1.165) is 39.3 Å². The first-order valence-electron chi connectivity index (χ1n) is 7.40. The van der Waals surface area contributed by atoms with Crippen molar-refractivity contribution < 1.29 is 9.47 Å². The van der Waals surface area contributed by atoms with Crippen LogP contribution in [0.2, 0.25) is 0 Å². The van der Waals surface area contributed by atoms with E-state index >= 15 is 0 Å². The summed E-state index contributed by atoms with van der Waals surface area (Å²) in [5, 5.41) is 3.53. The number of nitrogens with one attached hydrogen (secondary N) is 1. The zero-order valence-corrected chi connectivity index (χ0v) is 11.9. The van der Waals surface area contributed by atoms with Crippen molar-refractivity contribution in [3.05, 3.63) is 0 Å². The molecule has 2 aliphatic rings. The smallest absolute Gasteiger partial charge is 0.0731 e. The summed E-state index contributed by atoms with van der Waals surface area (Å²) in [6.45, 7) is 7.33. The van der Waals surface area contributed by atoms with Gasteiger partial charge in [0.15, 0.2) is 0 Å². The van der Waals surface area contributed by atoms with Gasteiger partial charge in [0.05, 0.1) is 12.7 Å². The van der Waals surface area contributed by atoms with Crippen LogP contribution in [0.4, 0.5) is 0 Å². The van der Waals surface area contributed by atoms with E-state index in [2.05, 4.69) is 17.1 Å². The summed E-state index contributed by atoms with van der Waals surface area (Å²) in [4.78, 5) is 2.66. The van der Waals surface area contributed by atoms with Gasteiger partial charge in [0, 0.05) is 38.9 Å². The van der Waals surface area contributed by atoms with E-state index in [4.69, 9.17) is 9.47 Å². The number of ether oxygens (including phenoxy) is 2. The van der Waals surface area contributed by atoms with Crippen LogP contribution in [0, 0.1) is 0 Å². The Labute approximate surface area is 111 Å². The lowest BCUT2D eigenvalue weighted by Crippen LogP contribution is -2.54. The Bertz CT molecular complexity index is 238. The quantitative estimate of drug-likeness (QED) is 0.695. The van der Waals surface area contributed by atoms with Gasteiger partial charge in [0.25, 0.3) is 0 Å². The molecule has 2 fully saturated rings. The Hall–Kier alpha value is -0.160. The van der Waals surface area contributed by atoms with E-state index in [9.17, 15) is 0 Å². The highest BCUT2D eigenvalue weighted by atomic mass is 16.5. The lowest BCUT2D eigenvalue weighted by atomic mass is 10.1. The van der Waals surface area contributed by atoms with Gasteiger partial charge in [-0.3, -0.25) is 4.90 Å². The maximum absolute atomic E-state index is 5.86. The lowest BCUT2D eigenvalue weighted by Gasteiger charge is -2.41. The van der Waals surface area contributed by atoms with Crippen molar-refractivity contribution in [3.8, 4) is 0 Å². The zero-order chi connectivity index (χ0) is 12.8. The fraction of sp³-hybridized carbons (Fsp3) is 1.00. The van der Waals surface area contributed by atoms with Crippen LogP contribution in [0.5, 0.6) is 0 Å². The molecule has 0 aromatic heterocycles. The van der Waals surface area contributed by atoms with Gasteiger partial charge in [-0.25, -0.2) is 0 Å². The topological polar surface area (TPSA) is 33.7 Å². The summed E-state index contributed by atoms with van der Waals surface area (Å²) in [5.41, 5.74) is 0. The molecule has 0 amide bonds. The predicted octanol–water partition coefficient (Wildman–Crippen LogP) is 1.25. The maximum atomic E-state index is 5.86. The molecule has 3 unspecified atom stereocenters. The number of hydrogen-bond donors (Lipinski definition) is 1. The van der Waals surface area contributed by atoms with Crippen LogP contribution < -0.4 is 5.32 Å². The molecule has 1 saturated heterocycles. The summed E-state index contributed by atoms with van der Waals surface area (Å²) < 4.78 is 10.9. The monoisotopic (exact) mass is 256 g/mol. The first-order valence-corrected chi connectivity index (χ1v) is 7.40. The minimum atomic E-state index is 0.509. The third kappa shape index (κ3) is 3.67. The molecule has 4 heteroatoms. The first kappa shape index (κ1) is 14.3. The van der Waals surface area contributed by atoms with E-state index in [1.165, 1.54) is 19.3 Å². The molecule has 18 heavy (non-hydrogen) atoms. The number of hydrogen-bond acceptors (Lipinski definition) is 4. The van der Waals surface area contributed by atoms with Gasteiger partial charge < -0.3 is 14.8 Å². The van der Waals surface area contributed by atoms with Gasteiger partial charge in [-0.05, 0) is 39.2 Å². The molecule has 0 bridgehead atoms. The Balaban J connectivity index is 1.69. The number of morpholine rings is 1. The summed E-state index contributed by atoms with van der Waals surface area (Å²) in [7, 11) is 1.76. The third-order valence-corrected chi connectivity index (χ3v) is 4.23. The largest absolute Gasteiger partial charge is 0.385 e. The third-order valence-electron chi connectivity index (χ3n) is 4.23. The molecule has 0 aromatic carbocycles. The molecule has 1 saturated carbocycles. The summed E-state index contributed by atoms with van der Waals surface area (Å²) in [5.74, 6) is 0. The van der Waals surface area contributed by atoms with Gasteiger partial charge in [-0.1, -0.05) is 0 Å². The Morgan fingerprint density at radius 1 is 1.44 bits per heavy atom. The van der Waals surface area contributed by atoms with Gasteiger partial charge in [0.2, 0.25) is 0 Å². The highest BCUT2D eigenvalue weighted by Gasteiger charge is 2.37. The minimum Gasteiger partial charge on any atom is -0.385 e. The van der Waals surface area contributed by atoms with E-state index in [1.807, 2.05) is 0 Å². The molecular weight excluding hydrogens is 228 g/mol. The Morgan fingerprint density at radius 3 is 3.17 bits per heavy atom. The van der Waals surface area contributed by atoms with Gasteiger partial charge >= 0.3 is 0 Å². The van der Waals surface area contributed by atoms with Crippen molar-refractivity contribution in [3.63, 3.8) is 0 Å². The molecular formula is C14H28N2O2. The van der Waals surface area contributed by atoms with Crippen LogP contribution in [-0.2, 0) is 9.47 Å². The van der Waals surface area contributed by atoms with Crippen molar-refractivity contribution in [2.24, 2.45) is 0 Å². The molecule has 106 valence electrons. The first-order chi connectivity index (χ1) is 8.83. The van der Waals surface area contributed by atoms with Crippen molar-refractivity contribution in [2.45, 2.75) is 50.8 Å². The van der Waals surface area contributed by atoms with Crippen LogP contribution in [0.3, 0.4) is 0 Å². The van der Waals surface area contributed by atoms with Gasteiger partial charge in [0.1, 0.15) is 0 Å². The second kappa shape index (κ2) is 7.43. The molecule has 1 aliphatic carbocycles. The average molecular weight is 256 g/mol. The second-order valence-electron chi connectivity index (χ2n) is 5.54. The highest BCUT2D eigenvalue weighted by Crippen LogP contribution is 2.30. The normalized spacial score (nSPS) is 30.3. The Kier molecular flexibility index (Phi) is 5.89. The predicted molar refractivity (Wildman–Crippen MR) is 72.9 cm³/mol. The number of rotatable bonds is 7. The van der Waals surface area contributed by atoms with E-state index in [1.54, 1.807) is 7.11 Å². The molecule has 2 rings (SSSR count). The fourth-order valence-electron chi connectivity index (χ4n) is 3.27. The number of fused-ring (bicyclic) bond motifs is 1. The lowest BCUT2D eigenvalue weighted by molar-refractivity contribution is -0.0687. The van der Waals surface area contributed by atoms with E-state index in [0.29, 0.717) is 18.2 Å². The van der Waals surface area contributed by atoms with Gasteiger partial charge in [-0.2, -0.15) is 0 Å². The van der Waals surface area contributed by atoms with Crippen LogP contribution in [0.25, 0.3) is 0 Å². The number of methoxy groups -OCH3 is 1.